The fourth-order valence-corrected chi connectivity index (χ4v) is 1.82. The molecule has 0 amide bonds. The highest BCUT2D eigenvalue weighted by Gasteiger charge is 2.06. The van der Waals surface area contributed by atoms with Crippen LogP contribution in [0.1, 0.15) is 19.4 Å². The Morgan fingerprint density at radius 1 is 1.38 bits per heavy atom. The predicted octanol–water partition coefficient (Wildman–Crippen LogP) is 1.49. The molecular formula is C15H25N3O3. The van der Waals surface area contributed by atoms with Crippen LogP contribution in [-0.2, 0) is 11.3 Å². The van der Waals surface area contributed by atoms with E-state index in [-0.39, 0.29) is 11.8 Å². The van der Waals surface area contributed by atoms with Gasteiger partial charge in [-0.3, -0.25) is 0 Å². The van der Waals surface area contributed by atoms with Gasteiger partial charge in [0.05, 0.1) is 20.3 Å². The first kappa shape index (κ1) is 17.1. The molecule has 1 aromatic carbocycles. The Hall–Kier alpha value is -1.95. The smallest absolute Gasteiger partial charge is 0.191 e. The fourth-order valence-electron chi connectivity index (χ4n) is 1.82. The number of benzene rings is 1. The van der Waals surface area contributed by atoms with Crippen molar-refractivity contribution >= 4 is 5.96 Å². The minimum Gasteiger partial charge on any atom is -0.508 e. The summed E-state index contributed by atoms with van der Waals surface area (Å²) in [5, 5.41) is 16.3. The number of methoxy groups -OCH3 is 2. The van der Waals surface area contributed by atoms with E-state index in [1.165, 1.54) is 0 Å². The number of hydrogen-bond acceptors (Lipinski definition) is 4. The van der Waals surface area contributed by atoms with E-state index in [4.69, 9.17) is 9.47 Å². The summed E-state index contributed by atoms with van der Waals surface area (Å²) in [7, 11) is 3.26. The first-order valence-corrected chi connectivity index (χ1v) is 7.00. The first-order chi connectivity index (χ1) is 10.1. The zero-order chi connectivity index (χ0) is 15.7. The molecule has 0 aliphatic carbocycles. The lowest BCUT2D eigenvalue weighted by Crippen LogP contribution is -2.43. The summed E-state index contributed by atoms with van der Waals surface area (Å²) in [4.78, 5) is 4.47. The van der Waals surface area contributed by atoms with E-state index in [0.29, 0.717) is 30.4 Å². The molecule has 0 fully saturated rings. The van der Waals surface area contributed by atoms with Crippen LogP contribution in [0.2, 0.25) is 0 Å². The summed E-state index contributed by atoms with van der Waals surface area (Å²) in [6, 6.07) is 5.25. The Balaban J connectivity index is 2.77. The fraction of sp³-hybridized carbons (Fsp3) is 0.533. The van der Waals surface area contributed by atoms with Crippen LogP contribution in [0, 0.1) is 0 Å². The van der Waals surface area contributed by atoms with Crippen LogP contribution < -0.4 is 15.4 Å². The second kappa shape index (κ2) is 9.07. The van der Waals surface area contributed by atoms with Crippen molar-refractivity contribution in [2.75, 3.05) is 27.4 Å². The van der Waals surface area contributed by atoms with Crippen LogP contribution in [0.3, 0.4) is 0 Å². The van der Waals surface area contributed by atoms with Crippen LogP contribution in [-0.4, -0.2) is 44.5 Å². The van der Waals surface area contributed by atoms with Gasteiger partial charge < -0.3 is 25.2 Å². The summed E-state index contributed by atoms with van der Waals surface area (Å²) >= 11 is 0. The van der Waals surface area contributed by atoms with Gasteiger partial charge >= 0.3 is 0 Å². The monoisotopic (exact) mass is 295 g/mol. The number of guanidine groups is 1. The van der Waals surface area contributed by atoms with Crippen molar-refractivity contribution in [2.45, 2.75) is 26.4 Å². The molecule has 0 spiro atoms. The molecule has 1 rings (SSSR count). The largest absolute Gasteiger partial charge is 0.508 e. The second-order valence-electron chi connectivity index (χ2n) is 4.69. The molecule has 0 saturated heterocycles. The molecule has 21 heavy (non-hydrogen) atoms. The Bertz CT molecular complexity index is 463. The third kappa shape index (κ3) is 5.91. The van der Waals surface area contributed by atoms with E-state index in [0.717, 1.165) is 6.54 Å². The normalized spacial score (nSPS) is 12.9. The zero-order valence-corrected chi connectivity index (χ0v) is 13.1. The van der Waals surface area contributed by atoms with Gasteiger partial charge in [-0.05, 0) is 32.0 Å². The molecule has 0 aliphatic heterocycles. The SMILES string of the molecule is CCNC(=NCc1cc(OC)ccc1O)NC(C)COC. The molecule has 0 aliphatic rings. The van der Waals surface area contributed by atoms with Crippen molar-refractivity contribution in [1.82, 2.24) is 10.6 Å². The van der Waals surface area contributed by atoms with Crippen LogP contribution in [0.15, 0.2) is 23.2 Å². The molecule has 6 heteroatoms. The number of aromatic hydroxyl groups is 1. The van der Waals surface area contributed by atoms with Crippen molar-refractivity contribution in [2.24, 2.45) is 4.99 Å². The quantitative estimate of drug-likeness (QED) is 0.525. The molecule has 0 aromatic heterocycles. The molecule has 118 valence electrons. The van der Waals surface area contributed by atoms with Gasteiger partial charge in [-0.15, -0.1) is 0 Å². The van der Waals surface area contributed by atoms with Gasteiger partial charge in [-0.1, -0.05) is 0 Å². The van der Waals surface area contributed by atoms with Gasteiger partial charge in [0.2, 0.25) is 0 Å². The standard InChI is InChI=1S/C15H25N3O3/c1-5-16-15(18-11(2)10-20-3)17-9-12-8-13(21-4)6-7-14(12)19/h6-8,11,19H,5,9-10H2,1-4H3,(H2,16,17,18). The third-order valence-electron chi connectivity index (χ3n) is 2.84. The van der Waals surface area contributed by atoms with E-state index in [2.05, 4.69) is 15.6 Å². The Morgan fingerprint density at radius 3 is 2.76 bits per heavy atom. The maximum Gasteiger partial charge on any atom is 0.191 e. The molecule has 0 heterocycles. The highest BCUT2D eigenvalue weighted by molar-refractivity contribution is 5.80. The average Bonchev–Trinajstić information content (AvgIpc) is 2.46. The van der Waals surface area contributed by atoms with Gasteiger partial charge in [0.25, 0.3) is 0 Å². The third-order valence-corrected chi connectivity index (χ3v) is 2.84. The lowest BCUT2D eigenvalue weighted by Gasteiger charge is -2.17. The van der Waals surface area contributed by atoms with Gasteiger partial charge in [0.15, 0.2) is 5.96 Å². The lowest BCUT2D eigenvalue weighted by atomic mass is 10.2. The zero-order valence-electron chi connectivity index (χ0n) is 13.1. The molecule has 3 N–H and O–H groups in total. The summed E-state index contributed by atoms with van der Waals surface area (Å²) in [5.41, 5.74) is 0.714. The Morgan fingerprint density at radius 2 is 2.14 bits per heavy atom. The van der Waals surface area contributed by atoms with Crippen molar-refractivity contribution in [3.63, 3.8) is 0 Å². The van der Waals surface area contributed by atoms with E-state index < -0.39 is 0 Å². The number of hydrogen-bond donors (Lipinski definition) is 3. The molecule has 0 radical (unpaired) electrons. The minimum absolute atomic E-state index is 0.145. The number of phenols is 1. The van der Waals surface area contributed by atoms with Gasteiger partial charge in [-0.25, -0.2) is 4.99 Å². The first-order valence-electron chi connectivity index (χ1n) is 7.00. The van der Waals surface area contributed by atoms with Crippen molar-refractivity contribution in [3.8, 4) is 11.5 Å². The number of rotatable bonds is 7. The maximum absolute atomic E-state index is 9.85. The molecule has 6 nitrogen and oxygen atoms in total. The van der Waals surface area contributed by atoms with Gasteiger partial charge in [0.1, 0.15) is 11.5 Å². The van der Waals surface area contributed by atoms with Crippen LogP contribution in [0.4, 0.5) is 0 Å². The number of nitrogens with zero attached hydrogens (tertiary/aromatic N) is 1. The van der Waals surface area contributed by atoms with Gasteiger partial charge in [-0.2, -0.15) is 0 Å². The number of nitrogens with one attached hydrogen (secondary N) is 2. The summed E-state index contributed by atoms with van der Waals surface area (Å²) in [6.07, 6.45) is 0. The van der Waals surface area contributed by atoms with Crippen molar-refractivity contribution < 1.29 is 14.6 Å². The molecule has 1 unspecified atom stereocenters. The summed E-state index contributed by atoms with van der Waals surface area (Å²) < 4.78 is 10.2. The van der Waals surface area contributed by atoms with Crippen molar-refractivity contribution in [3.05, 3.63) is 23.8 Å². The van der Waals surface area contributed by atoms with E-state index in [1.807, 2.05) is 13.8 Å². The van der Waals surface area contributed by atoms with Crippen LogP contribution in [0.5, 0.6) is 11.5 Å². The summed E-state index contributed by atoms with van der Waals surface area (Å²) in [6.45, 7) is 5.73. The lowest BCUT2D eigenvalue weighted by molar-refractivity contribution is 0.179. The second-order valence-corrected chi connectivity index (χ2v) is 4.69. The molecule has 1 atom stereocenters. The summed E-state index contributed by atoms with van der Waals surface area (Å²) in [5.74, 6) is 1.59. The topological polar surface area (TPSA) is 75.1 Å². The maximum atomic E-state index is 9.85. The average molecular weight is 295 g/mol. The highest BCUT2D eigenvalue weighted by Crippen LogP contribution is 2.23. The van der Waals surface area contributed by atoms with Crippen molar-refractivity contribution in [1.29, 1.82) is 0 Å². The Kier molecular flexibility index (Phi) is 7.39. The molecular weight excluding hydrogens is 270 g/mol. The molecule has 0 saturated carbocycles. The van der Waals surface area contributed by atoms with E-state index in [1.54, 1.807) is 32.4 Å². The predicted molar refractivity (Wildman–Crippen MR) is 83.9 cm³/mol. The highest BCUT2D eigenvalue weighted by atomic mass is 16.5. The molecule has 0 bridgehead atoms. The van der Waals surface area contributed by atoms with Crippen LogP contribution in [0.25, 0.3) is 0 Å². The Labute approximate surface area is 126 Å². The van der Waals surface area contributed by atoms with Gasteiger partial charge in [0, 0.05) is 25.3 Å². The van der Waals surface area contributed by atoms with E-state index >= 15 is 0 Å². The van der Waals surface area contributed by atoms with Crippen LogP contribution >= 0.6 is 0 Å². The number of phenolic OH excluding ortho intramolecular Hbond substituents is 1. The minimum atomic E-state index is 0.145. The molecule has 1 aromatic rings. The number of aliphatic imine (C=N–C) groups is 1. The number of ether oxygens (including phenoxy) is 2. The van der Waals surface area contributed by atoms with E-state index in [9.17, 15) is 5.11 Å².